The smallest absolute Gasteiger partial charge is 0.254 e. The van der Waals surface area contributed by atoms with Gasteiger partial charge in [0.25, 0.3) is 5.91 Å². The normalized spacial score (nSPS) is 11.6. The van der Waals surface area contributed by atoms with E-state index >= 15 is 0 Å². The van der Waals surface area contributed by atoms with Crippen molar-refractivity contribution >= 4 is 18.3 Å². The summed E-state index contributed by atoms with van der Waals surface area (Å²) >= 11 is 0. The van der Waals surface area contributed by atoms with E-state index in [0.29, 0.717) is 0 Å². The van der Waals surface area contributed by atoms with Gasteiger partial charge in [0.2, 0.25) is 0 Å². The number of rotatable bonds is 6. The number of halogens is 3. The quantitative estimate of drug-likeness (QED) is 0.847. The summed E-state index contributed by atoms with van der Waals surface area (Å²) < 4.78 is 26.3. The Labute approximate surface area is 118 Å². The van der Waals surface area contributed by atoms with Crippen molar-refractivity contribution < 1.29 is 13.6 Å². The first kappa shape index (κ1) is 17.8. The zero-order valence-electron chi connectivity index (χ0n) is 10.8. The minimum Gasteiger partial charge on any atom is -0.348 e. The molecule has 0 saturated heterocycles. The maximum Gasteiger partial charge on any atom is 0.254 e. The van der Waals surface area contributed by atoms with E-state index in [4.69, 9.17) is 5.73 Å². The van der Waals surface area contributed by atoms with Crippen LogP contribution in [0.4, 0.5) is 8.78 Å². The van der Waals surface area contributed by atoms with E-state index in [2.05, 4.69) is 5.32 Å². The summed E-state index contributed by atoms with van der Waals surface area (Å²) in [6.45, 7) is 2.31. The van der Waals surface area contributed by atoms with Gasteiger partial charge in [0.1, 0.15) is 11.6 Å². The Kier molecular flexibility index (Phi) is 8.27. The lowest BCUT2D eigenvalue weighted by Crippen LogP contribution is -2.40. The highest BCUT2D eigenvalue weighted by Crippen LogP contribution is 2.10. The van der Waals surface area contributed by atoms with Crippen molar-refractivity contribution in [3.8, 4) is 0 Å². The lowest BCUT2D eigenvalue weighted by molar-refractivity contribution is 0.0931. The average Bonchev–Trinajstić information content (AvgIpc) is 2.37. The molecule has 1 amide bonds. The van der Waals surface area contributed by atoms with E-state index in [1.807, 2.05) is 6.92 Å². The Morgan fingerprint density at radius 3 is 2.68 bits per heavy atom. The van der Waals surface area contributed by atoms with Crippen molar-refractivity contribution in [2.75, 3.05) is 6.54 Å². The van der Waals surface area contributed by atoms with Crippen LogP contribution in [0.5, 0.6) is 0 Å². The van der Waals surface area contributed by atoms with E-state index in [0.717, 1.165) is 37.5 Å². The van der Waals surface area contributed by atoms with Gasteiger partial charge in [0, 0.05) is 12.6 Å². The molecular formula is C13H19ClF2N2O. The Morgan fingerprint density at radius 2 is 2.11 bits per heavy atom. The van der Waals surface area contributed by atoms with Crippen LogP contribution in [0, 0.1) is 11.6 Å². The van der Waals surface area contributed by atoms with Gasteiger partial charge in [-0.2, -0.15) is 0 Å². The van der Waals surface area contributed by atoms with Gasteiger partial charge in [-0.25, -0.2) is 8.78 Å². The molecule has 0 aliphatic heterocycles. The van der Waals surface area contributed by atoms with E-state index in [9.17, 15) is 13.6 Å². The number of nitrogens with two attached hydrogens (primary N) is 1. The molecular weight excluding hydrogens is 274 g/mol. The highest BCUT2D eigenvalue weighted by Gasteiger charge is 2.16. The number of unbranched alkanes of at least 4 members (excludes halogenated alkanes) is 1. The summed E-state index contributed by atoms with van der Waals surface area (Å²) in [4.78, 5) is 11.8. The molecule has 0 fully saturated rings. The second-order valence-electron chi connectivity index (χ2n) is 4.17. The molecule has 0 saturated carbocycles. The summed E-state index contributed by atoms with van der Waals surface area (Å²) in [7, 11) is 0. The predicted octanol–water partition coefficient (Wildman–Crippen LogP) is 2.63. The highest BCUT2D eigenvalue weighted by molar-refractivity contribution is 5.94. The minimum atomic E-state index is -0.736. The van der Waals surface area contributed by atoms with Crippen molar-refractivity contribution in [3.05, 3.63) is 35.4 Å². The molecule has 1 unspecified atom stereocenters. The molecule has 1 atom stereocenters. The van der Waals surface area contributed by atoms with Crippen molar-refractivity contribution in [1.29, 1.82) is 0 Å². The molecule has 3 nitrogen and oxygen atoms in total. The van der Waals surface area contributed by atoms with Gasteiger partial charge < -0.3 is 11.1 Å². The molecule has 6 heteroatoms. The van der Waals surface area contributed by atoms with Crippen LogP contribution in [0.15, 0.2) is 18.2 Å². The molecule has 0 spiro atoms. The minimum absolute atomic E-state index is 0. The number of hydrogen-bond acceptors (Lipinski definition) is 2. The Hall–Kier alpha value is -1.20. The van der Waals surface area contributed by atoms with Gasteiger partial charge in [-0.1, -0.05) is 19.8 Å². The van der Waals surface area contributed by atoms with Crippen LogP contribution < -0.4 is 11.1 Å². The van der Waals surface area contributed by atoms with Crippen LogP contribution in [0.3, 0.4) is 0 Å². The first-order valence-corrected chi connectivity index (χ1v) is 6.04. The molecule has 108 valence electrons. The van der Waals surface area contributed by atoms with E-state index in [1.165, 1.54) is 0 Å². The predicted molar refractivity (Wildman–Crippen MR) is 73.4 cm³/mol. The Morgan fingerprint density at radius 1 is 1.42 bits per heavy atom. The molecule has 0 aliphatic carbocycles. The lowest BCUT2D eigenvalue weighted by atomic mass is 10.1. The molecule has 3 N–H and O–H groups in total. The molecule has 1 rings (SSSR count). The molecule has 1 aromatic carbocycles. The molecule has 0 aromatic heterocycles. The fourth-order valence-electron chi connectivity index (χ4n) is 1.63. The van der Waals surface area contributed by atoms with Crippen LogP contribution in [0.25, 0.3) is 0 Å². The number of benzene rings is 1. The van der Waals surface area contributed by atoms with Crippen LogP contribution >= 0.6 is 12.4 Å². The third-order valence-electron chi connectivity index (χ3n) is 2.70. The van der Waals surface area contributed by atoms with Crippen LogP contribution in [0.1, 0.15) is 36.5 Å². The number of carbonyl (C=O) groups is 1. The average molecular weight is 293 g/mol. The summed E-state index contributed by atoms with van der Waals surface area (Å²) in [6.07, 6.45) is 2.64. The first-order valence-electron chi connectivity index (χ1n) is 6.04. The second-order valence-corrected chi connectivity index (χ2v) is 4.17. The SMILES string of the molecule is CCCCC(CN)NC(=O)c1cc(F)ccc1F.Cl. The van der Waals surface area contributed by atoms with Crippen molar-refractivity contribution in [1.82, 2.24) is 5.32 Å². The third-order valence-corrected chi connectivity index (χ3v) is 2.70. The third kappa shape index (κ3) is 5.53. The zero-order valence-corrected chi connectivity index (χ0v) is 11.6. The number of nitrogens with one attached hydrogen (secondary N) is 1. The van der Waals surface area contributed by atoms with E-state index < -0.39 is 17.5 Å². The Balaban J connectivity index is 0.00000324. The largest absolute Gasteiger partial charge is 0.348 e. The summed E-state index contributed by atoms with van der Waals surface area (Å²) in [5.74, 6) is -2.00. The molecule has 1 aromatic rings. The van der Waals surface area contributed by atoms with Crippen molar-refractivity contribution in [2.24, 2.45) is 5.73 Å². The van der Waals surface area contributed by atoms with Crippen molar-refractivity contribution in [2.45, 2.75) is 32.2 Å². The van der Waals surface area contributed by atoms with Gasteiger partial charge >= 0.3 is 0 Å². The standard InChI is InChI=1S/C13H18F2N2O.ClH/c1-2-3-4-10(8-16)17-13(18)11-7-9(14)5-6-12(11)15;/h5-7,10H,2-4,8,16H2,1H3,(H,17,18);1H. The van der Waals surface area contributed by atoms with Gasteiger partial charge in [-0.15, -0.1) is 12.4 Å². The number of hydrogen-bond donors (Lipinski definition) is 2. The lowest BCUT2D eigenvalue weighted by Gasteiger charge is -2.16. The summed E-state index contributed by atoms with van der Waals surface area (Å²) in [5, 5.41) is 2.62. The number of carbonyl (C=O) groups excluding carboxylic acids is 1. The Bertz CT molecular complexity index is 416. The van der Waals surface area contributed by atoms with Crippen molar-refractivity contribution in [3.63, 3.8) is 0 Å². The van der Waals surface area contributed by atoms with Gasteiger partial charge in [-0.3, -0.25) is 4.79 Å². The molecule has 19 heavy (non-hydrogen) atoms. The highest BCUT2D eigenvalue weighted by atomic mass is 35.5. The summed E-state index contributed by atoms with van der Waals surface area (Å²) in [5.41, 5.74) is 5.24. The second kappa shape index (κ2) is 8.82. The molecule has 0 heterocycles. The van der Waals surface area contributed by atoms with E-state index in [-0.39, 0.29) is 30.6 Å². The molecule has 0 aliphatic rings. The van der Waals surface area contributed by atoms with Crippen LogP contribution in [-0.4, -0.2) is 18.5 Å². The maximum absolute atomic E-state index is 13.4. The first-order chi connectivity index (χ1) is 8.58. The fourth-order valence-corrected chi connectivity index (χ4v) is 1.63. The fraction of sp³-hybridized carbons (Fsp3) is 0.462. The van der Waals surface area contributed by atoms with Crippen LogP contribution in [0.2, 0.25) is 0 Å². The van der Waals surface area contributed by atoms with Gasteiger partial charge in [-0.05, 0) is 24.6 Å². The number of amides is 1. The van der Waals surface area contributed by atoms with Gasteiger partial charge in [0.05, 0.1) is 5.56 Å². The van der Waals surface area contributed by atoms with Gasteiger partial charge in [0.15, 0.2) is 0 Å². The zero-order chi connectivity index (χ0) is 13.5. The summed E-state index contributed by atoms with van der Waals surface area (Å²) in [6, 6.07) is 2.59. The monoisotopic (exact) mass is 292 g/mol. The molecule has 0 radical (unpaired) electrons. The molecule has 0 bridgehead atoms. The van der Waals surface area contributed by atoms with Crippen LogP contribution in [-0.2, 0) is 0 Å². The van der Waals surface area contributed by atoms with E-state index in [1.54, 1.807) is 0 Å². The maximum atomic E-state index is 13.4. The topological polar surface area (TPSA) is 55.1 Å².